The summed E-state index contributed by atoms with van der Waals surface area (Å²) in [5.74, 6) is 1.15. The second-order valence-corrected chi connectivity index (χ2v) is 6.21. The third-order valence-corrected chi connectivity index (χ3v) is 4.66. The van der Waals surface area contributed by atoms with E-state index in [1.807, 2.05) is 36.1 Å². The number of likely N-dealkylation sites (tertiary alicyclic amines) is 1. The number of ether oxygens (including phenoxy) is 1. The van der Waals surface area contributed by atoms with Gasteiger partial charge >= 0.3 is 0 Å². The van der Waals surface area contributed by atoms with E-state index in [1.165, 1.54) is 0 Å². The van der Waals surface area contributed by atoms with Crippen LogP contribution in [-0.2, 0) is 4.79 Å². The van der Waals surface area contributed by atoms with Gasteiger partial charge in [0.05, 0.1) is 18.8 Å². The maximum atomic E-state index is 12.4. The molecule has 6 nitrogen and oxygen atoms in total. The molecule has 1 aliphatic heterocycles. The molecule has 1 aromatic carbocycles. The predicted molar refractivity (Wildman–Crippen MR) is 97.0 cm³/mol. The highest BCUT2D eigenvalue weighted by atomic mass is 16.5. The van der Waals surface area contributed by atoms with Gasteiger partial charge in [-0.15, -0.1) is 0 Å². The third kappa shape index (κ3) is 3.57. The van der Waals surface area contributed by atoms with Crippen molar-refractivity contribution in [1.82, 2.24) is 14.9 Å². The molecule has 0 aliphatic carbocycles. The topological polar surface area (TPSA) is 81.3 Å². The standard InChI is InChI=1S/C19H24N4O2/c1-3-17(24)23-10-5-4-9-16(23)18-15(12-21-19(20)22-18)13-7-6-8-14(11-13)25-2/h6-8,11-12,16H,3-5,9-10H2,1-2H3,(H2,20,21,22)/t16-/m1/s1. The molecule has 6 heteroatoms. The molecule has 1 aliphatic rings. The Balaban J connectivity index is 2.08. The second-order valence-electron chi connectivity index (χ2n) is 6.21. The summed E-state index contributed by atoms with van der Waals surface area (Å²) in [7, 11) is 1.64. The van der Waals surface area contributed by atoms with Crippen LogP contribution in [0.4, 0.5) is 5.95 Å². The maximum Gasteiger partial charge on any atom is 0.222 e. The number of hydrogen-bond donors (Lipinski definition) is 1. The normalized spacial score (nSPS) is 17.4. The maximum absolute atomic E-state index is 12.4. The molecule has 2 heterocycles. The summed E-state index contributed by atoms with van der Waals surface area (Å²) in [6, 6.07) is 7.72. The average molecular weight is 340 g/mol. The van der Waals surface area contributed by atoms with E-state index in [2.05, 4.69) is 9.97 Å². The number of nitrogens with zero attached hydrogens (tertiary/aromatic N) is 3. The number of rotatable bonds is 4. The van der Waals surface area contributed by atoms with Crippen molar-refractivity contribution < 1.29 is 9.53 Å². The van der Waals surface area contributed by atoms with E-state index >= 15 is 0 Å². The third-order valence-electron chi connectivity index (χ3n) is 4.66. The van der Waals surface area contributed by atoms with Crippen LogP contribution in [0, 0.1) is 0 Å². The van der Waals surface area contributed by atoms with Crippen LogP contribution in [0.3, 0.4) is 0 Å². The number of nitrogens with two attached hydrogens (primary N) is 1. The van der Waals surface area contributed by atoms with Gasteiger partial charge in [0.1, 0.15) is 5.75 Å². The number of aromatic nitrogens is 2. The molecule has 1 fully saturated rings. The lowest BCUT2D eigenvalue weighted by Gasteiger charge is -2.36. The van der Waals surface area contributed by atoms with Crippen molar-refractivity contribution in [1.29, 1.82) is 0 Å². The minimum absolute atomic E-state index is 0.0623. The van der Waals surface area contributed by atoms with Gasteiger partial charge < -0.3 is 15.4 Å². The van der Waals surface area contributed by atoms with E-state index in [0.717, 1.165) is 48.4 Å². The smallest absolute Gasteiger partial charge is 0.222 e. The van der Waals surface area contributed by atoms with Gasteiger partial charge in [-0.2, -0.15) is 0 Å². The first kappa shape index (κ1) is 17.2. The molecular formula is C19H24N4O2. The number of anilines is 1. The van der Waals surface area contributed by atoms with Gasteiger partial charge in [0.25, 0.3) is 0 Å². The number of amides is 1. The van der Waals surface area contributed by atoms with Gasteiger partial charge in [-0.25, -0.2) is 9.97 Å². The van der Waals surface area contributed by atoms with Crippen LogP contribution in [-0.4, -0.2) is 34.4 Å². The number of piperidine rings is 1. The van der Waals surface area contributed by atoms with Crippen LogP contribution >= 0.6 is 0 Å². The minimum atomic E-state index is -0.0623. The molecule has 3 rings (SSSR count). The van der Waals surface area contributed by atoms with Crippen molar-refractivity contribution in [2.24, 2.45) is 0 Å². The van der Waals surface area contributed by atoms with Crippen LogP contribution < -0.4 is 10.5 Å². The SMILES string of the molecule is CCC(=O)N1CCCC[C@@H]1c1nc(N)ncc1-c1cccc(OC)c1. The van der Waals surface area contributed by atoms with Crippen molar-refractivity contribution in [3.05, 3.63) is 36.2 Å². The molecule has 0 radical (unpaired) electrons. The Hall–Kier alpha value is -2.63. The molecule has 0 unspecified atom stereocenters. The summed E-state index contributed by atoms with van der Waals surface area (Å²) in [5.41, 5.74) is 8.55. The Bertz CT molecular complexity index is 763. The van der Waals surface area contributed by atoms with Crippen molar-refractivity contribution in [2.75, 3.05) is 19.4 Å². The van der Waals surface area contributed by atoms with E-state index < -0.39 is 0 Å². The monoisotopic (exact) mass is 340 g/mol. The summed E-state index contributed by atoms with van der Waals surface area (Å²) in [4.78, 5) is 23.1. The van der Waals surface area contributed by atoms with Crippen molar-refractivity contribution >= 4 is 11.9 Å². The number of methoxy groups -OCH3 is 1. The molecular weight excluding hydrogens is 316 g/mol. The fourth-order valence-electron chi connectivity index (χ4n) is 3.39. The molecule has 2 aromatic rings. The van der Waals surface area contributed by atoms with Crippen LogP contribution in [0.25, 0.3) is 11.1 Å². The zero-order valence-electron chi connectivity index (χ0n) is 14.7. The molecule has 0 spiro atoms. The quantitative estimate of drug-likeness (QED) is 0.924. The van der Waals surface area contributed by atoms with Gasteiger partial charge in [0.15, 0.2) is 0 Å². The van der Waals surface area contributed by atoms with Gasteiger partial charge in [-0.3, -0.25) is 4.79 Å². The molecule has 132 valence electrons. The van der Waals surface area contributed by atoms with Gasteiger partial charge in [0.2, 0.25) is 11.9 Å². The Morgan fingerprint density at radius 2 is 2.24 bits per heavy atom. The molecule has 25 heavy (non-hydrogen) atoms. The molecule has 1 atom stereocenters. The van der Waals surface area contributed by atoms with Crippen molar-refractivity contribution in [2.45, 2.75) is 38.6 Å². The van der Waals surface area contributed by atoms with E-state index in [0.29, 0.717) is 6.42 Å². The van der Waals surface area contributed by atoms with E-state index in [9.17, 15) is 4.79 Å². The van der Waals surface area contributed by atoms with Gasteiger partial charge in [-0.1, -0.05) is 19.1 Å². The van der Waals surface area contributed by atoms with E-state index in [4.69, 9.17) is 10.5 Å². The van der Waals surface area contributed by atoms with Crippen LogP contribution in [0.5, 0.6) is 5.75 Å². The summed E-state index contributed by atoms with van der Waals surface area (Å²) in [5, 5.41) is 0. The number of hydrogen-bond acceptors (Lipinski definition) is 5. The Labute approximate surface area is 148 Å². The highest BCUT2D eigenvalue weighted by Gasteiger charge is 2.30. The largest absolute Gasteiger partial charge is 0.497 e. The van der Waals surface area contributed by atoms with Crippen LogP contribution in [0.15, 0.2) is 30.5 Å². The summed E-state index contributed by atoms with van der Waals surface area (Å²) in [6.07, 6.45) is 5.22. The fraction of sp³-hybridized carbons (Fsp3) is 0.421. The molecule has 1 saturated heterocycles. The lowest BCUT2D eigenvalue weighted by Crippen LogP contribution is -2.38. The Morgan fingerprint density at radius 1 is 1.40 bits per heavy atom. The number of carbonyl (C=O) groups is 1. The first-order chi connectivity index (χ1) is 12.1. The average Bonchev–Trinajstić information content (AvgIpc) is 2.67. The highest BCUT2D eigenvalue weighted by molar-refractivity contribution is 5.77. The number of benzene rings is 1. The highest BCUT2D eigenvalue weighted by Crippen LogP contribution is 2.36. The zero-order valence-corrected chi connectivity index (χ0v) is 14.7. The molecule has 2 N–H and O–H groups in total. The molecule has 0 bridgehead atoms. The zero-order chi connectivity index (χ0) is 17.8. The Morgan fingerprint density at radius 3 is 3.00 bits per heavy atom. The second kappa shape index (κ2) is 7.51. The van der Waals surface area contributed by atoms with Crippen LogP contribution in [0.1, 0.15) is 44.3 Å². The van der Waals surface area contributed by atoms with Gasteiger partial charge in [-0.05, 0) is 37.0 Å². The fourth-order valence-corrected chi connectivity index (χ4v) is 3.39. The summed E-state index contributed by atoms with van der Waals surface area (Å²) in [6.45, 7) is 2.66. The van der Waals surface area contributed by atoms with E-state index in [1.54, 1.807) is 13.3 Å². The van der Waals surface area contributed by atoms with Gasteiger partial charge in [0, 0.05) is 24.7 Å². The minimum Gasteiger partial charge on any atom is -0.497 e. The van der Waals surface area contributed by atoms with Crippen LogP contribution in [0.2, 0.25) is 0 Å². The van der Waals surface area contributed by atoms with Crippen molar-refractivity contribution in [3.63, 3.8) is 0 Å². The number of carbonyl (C=O) groups excluding carboxylic acids is 1. The van der Waals surface area contributed by atoms with E-state index in [-0.39, 0.29) is 17.9 Å². The predicted octanol–water partition coefficient (Wildman–Crippen LogP) is 3.20. The summed E-state index contributed by atoms with van der Waals surface area (Å²) >= 11 is 0. The molecule has 1 amide bonds. The van der Waals surface area contributed by atoms with Crippen molar-refractivity contribution in [3.8, 4) is 16.9 Å². The lowest BCUT2D eigenvalue weighted by molar-refractivity contribution is -0.134. The first-order valence-corrected chi connectivity index (χ1v) is 8.70. The molecule has 1 aromatic heterocycles. The number of nitrogen functional groups attached to an aromatic ring is 1. The lowest BCUT2D eigenvalue weighted by atomic mass is 9.93. The Kier molecular flexibility index (Phi) is 5.16. The molecule has 0 saturated carbocycles. The first-order valence-electron chi connectivity index (χ1n) is 8.70. The summed E-state index contributed by atoms with van der Waals surface area (Å²) < 4.78 is 5.33.